The molecule has 0 aliphatic heterocycles. The lowest BCUT2D eigenvalue weighted by Crippen LogP contribution is -2.43. The lowest BCUT2D eigenvalue weighted by Gasteiger charge is -2.23. The summed E-state index contributed by atoms with van der Waals surface area (Å²) in [6, 6.07) is 0.327. The summed E-state index contributed by atoms with van der Waals surface area (Å²) < 4.78 is 2.11. The molecular weight excluding hydrogens is 240 g/mol. The number of hydrogen-bond donors (Lipinski definition) is 2. The van der Waals surface area contributed by atoms with E-state index in [-0.39, 0.29) is 6.03 Å². The highest BCUT2D eigenvalue weighted by molar-refractivity contribution is 5.74. The van der Waals surface area contributed by atoms with Crippen LogP contribution in [-0.4, -0.2) is 28.2 Å². The Morgan fingerprint density at radius 1 is 1.37 bits per heavy atom. The van der Waals surface area contributed by atoms with E-state index in [4.69, 9.17) is 0 Å². The van der Waals surface area contributed by atoms with E-state index in [9.17, 15) is 4.79 Å². The minimum atomic E-state index is -0.0395. The van der Waals surface area contributed by atoms with E-state index in [1.54, 1.807) is 0 Å². The molecule has 1 aromatic rings. The van der Waals surface area contributed by atoms with E-state index in [2.05, 4.69) is 20.2 Å². The van der Waals surface area contributed by atoms with Crippen molar-refractivity contribution < 1.29 is 4.79 Å². The fourth-order valence-electron chi connectivity index (χ4n) is 2.68. The second kappa shape index (κ2) is 6.59. The zero-order valence-electron chi connectivity index (χ0n) is 11.9. The van der Waals surface area contributed by atoms with Gasteiger partial charge in [-0.2, -0.15) is 0 Å². The van der Waals surface area contributed by atoms with Gasteiger partial charge in [-0.3, -0.25) is 0 Å². The van der Waals surface area contributed by atoms with Crippen LogP contribution in [-0.2, 0) is 6.54 Å². The molecule has 1 aliphatic rings. The number of aromatic nitrogens is 2. The van der Waals surface area contributed by atoms with Gasteiger partial charge in [0.1, 0.15) is 5.82 Å². The first-order valence-electron chi connectivity index (χ1n) is 7.20. The Morgan fingerprint density at radius 3 is 2.74 bits per heavy atom. The number of aryl methyl sites for hydroxylation is 2. The molecule has 0 radical (unpaired) electrons. The Hall–Kier alpha value is -1.52. The SMILES string of the molecule is Cc1cnc(C)n1CCNC(=O)NC1CCCCC1. The quantitative estimate of drug-likeness (QED) is 0.875. The van der Waals surface area contributed by atoms with E-state index < -0.39 is 0 Å². The minimum Gasteiger partial charge on any atom is -0.336 e. The summed E-state index contributed by atoms with van der Waals surface area (Å²) in [4.78, 5) is 16.0. The molecule has 106 valence electrons. The average Bonchev–Trinajstić information content (AvgIpc) is 2.71. The Labute approximate surface area is 114 Å². The largest absolute Gasteiger partial charge is 0.336 e. The van der Waals surface area contributed by atoms with Crippen LogP contribution in [0, 0.1) is 13.8 Å². The second-order valence-electron chi connectivity index (χ2n) is 5.33. The van der Waals surface area contributed by atoms with Crippen molar-refractivity contribution in [3.8, 4) is 0 Å². The monoisotopic (exact) mass is 264 g/mol. The molecule has 2 amide bonds. The molecule has 0 spiro atoms. The standard InChI is InChI=1S/C14H24N4O/c1-11-10-16-12(2)18(11)9-8-15-14(19)17-13-6-4-3-5-7-13/h10,13H,3-9H2,1-2H3,(H2,15,17,19). The molecule has 0 saturated heterocycles. The highest BCUT2D eigenvalue weighted by atomic mass is 16.2. The van der Waals surface area contributed by atoms with Crippen LogP contribution in [0.3, 0.4) is 0 Å². The summed E-state index contributed by atoms with van der Waals surface area (Å²) in [5.74, 6) is 0.993. The van der Waals surface area contributed by atoms with Crippen LogP contribution in [0.1, 0.15) is 43.6 Å². The molecule has 0 bridgehead atoms. The van der Waals surface area contributed by atoms with Gasteiger partial charge >= 0.3 is 6.03 Å². The van der Waals surface area contributed by atoms with E-state index in [1.807, 2.05) is 20.0 Å². The van der Waals surface area contributed by atoms with Gasteiger partial charge in [0.25, 0.3) is 0 Å². The van der Waals surface area contributed by atoms with Crippen LogP contribution in [0.5, 0.6) is 0 Å². The maximum atomic E-state index is 11.8. The summed E-state index contributed by atoms with van der Waals surface area (Å²) in [6.07, 6.45) is 7.87. The summed E-state index contributed by atoms with van der Waals surface area (Å²) in [5, 5.41) is 5.98. The maximum absolute atomic E-state index is 11.8. The van der Waals surface area contributed by atoms with Gasteiger partial charge in [0, 0.05) is 31.0 Å². The molecule has 0 atom stereocenters. The number of nitrogens with one attached hydrogen (secondary N) is 2. The molecule has 1 heterocycles. The van der Waals surface area contributed by atoms with Crippen molar-refractivity contribution in [2.24, 2.45) is 0 Å². The van der Waals surface area contributed by atoms with Crippen molar-refractivity contribution in [1.82, 2.24) is 20.2 Å². The van der Waals surface area contributed by atoms with Gasteiger partial charge in [0.15, 0.2) is 0 Å². The van der Waals surface area contributed by atoms with Gasteiger partial charge in [-0.05, 0) is 26.7 Å². The van der Waals surface area contributed by atoms with E-state index in [1.165, 1.54) is 19.3 Å². The third kappa shape index (κ3) is 3.98. The molecule has 1 fully saturated rings. The van der Waals surface area contributed by atoms with Gasteiger partial charge in [0.05, 0.1) is 0 Å². The lowest BCUT2D eigenvalue weighted by atomic mass is 9.96. The molecule has 0 aromatic carbocycles. The highest BCUT2D eigenvalue weighted by Crippen LogP contribution is 2.17. The third-order valence-corrected chi connectivity index (χ3v) is 3.82. The van der Waals surface area contributed by atoms with Crippen LogP contribution in [0.15, 0.2) is 6.20 Å². The van der Waals surface area contributed by atoms with Crippen molar-refractivity contribution >= 4 is 6.03 Å². The zero-order valence-corrected chi connectivity index (χ0v) is 11.9. The van der Waals surface area contributed by atoms with Crippen molar-refractivity contribution in [1.29, 1.82) is 0 Å². The highest BCUT2D eigenvalue weighted by Gasteiger charge is 2.15. The van der Waals surface area contributed by atoms with Gasteiger partial charge in [-0.1, -0.05) is 19.3 Å². The number of rotatable bonds is 4. The molecule has 2 N–H and O–H groups in total. The van der Waals surface area contributed by atoms with E-state index in [0.29, 0.717) is 12.6 Å². The molecule has 19 heavy (non-hydrogen) atoms. The fraction of sp³-hybridized carbons (Fsp3) is 0.714. The smallest absolute Gasteiger partial charge is 0.315 e. The number of hydrogen-bond acceptors (Lipinski definition) is 2. The van der Waals surface area contributed by atoms with Crippen LogP contribution in [0.2, 0.25) is 0 Å². The van der Waals surface area contributed by atoms with Gasteiger partial charge in [0.2, 0.25) is 0 Å². The van der Waals surface area contributed by atoms with Gasteiger partial charge in [-0.25, -0.2) is 9.78 Å². The van der Waals surface area contributed by atoms with Crippen LogP contribution in [0.25, 0.3) is 0 Å². The zero-order chi connectivity index (χ0) is 13.7. The lowest BCUT2D eigenvalue weighted by molar-refractivity contribution is 0.232. The first-order valence-corrected chi connectivity index (χ1v) is 7.20. The van der Waals surface area contributed by atoms with Crippen LogP contribution < -0.4 is 10.6 Å². The molecule has 1 saturated carbocycles. The summed E-state index contributed by atoms with van der Waals surface area (Å²) in [7, 11) is 0. The molecule has 5 heteroatoms. The maximum Gasteiger partial charge on any atom is 0.315 e. The first kappa shape index (κ1) is 13.9. The van der Waals surface area contributed by atoms with E-state index >= 15 is 0 Å². The molecule has 0 unspecified atom stereocenters. The predicted molar refractivity (Wildman–Crippen MR) is 75.1 cm³/mol. The van der Waals surface area contributed by atoms with E-state index in [0.717, 1.165) is 30.9 Å². The molecule has 1 aromatic heterocycles. The average molecular weight is 264 g/mol. The number of carbonyl (C=O) groups is 1. The molecular formula is C14H24N4O. The normalized spacial score (nSPS) is 16.3. The van der Waals surface area contributed by atoms with Crippen molar-refractivity contribution in [3.05, 3.63) is 17.7 Å². The summed E-state index contributed by atoms with van der Waals surface area (Å²) >= 11 is 0. The number of imidazole rings is 1. The van der Waals surface area contributed by atoms with Gasteiger partial charge in [-0.15, -0.1) is 0 Å². The van der Waals surface area contributed by atoms with Crippen LogP contribution >= 0.6 is 0 Å². The number of amides is 2. The van der Waals surface area contributed by atoms with Crippen LogP contribution in [0.4, 0.5) is 4.79 Å². The Balaban J connectivity index is 1.69. The second-order valence-corrected chi connectivity index (χ2v) is 5.33. The predicted octanol–water partition coefficient (Wildman–Crippen LogP) is 2.13. The van der Waals surface area contributed by atoms with Gasteiger partial charge < -0.3 is 15.2 Å². The molecule has 2 rings (SSSR count). The Bertz CT molecular complexity index is 402. The third-order valence-electron chi connectivity index (χ3n) is 3.82. The molecule has 1 aliphatic carbocycles. The van der Waals surface area contributed by atoms with Crippen molar-refractivity contribution in [2.75, 3.05) is 6.54 Å². The summed E-state index contributed by atoms with van der Waals surface area (Å²) in [5.41, 5.74) is 1.13. The Kier molecular flexibility index (Phi) is 4.82. The van der Waals surface area contributed by atoms with Crippen molar-refractivity contribution in [3.63, 3.8) is 0 Å². The number of nitrogens with zero attached hydrogens (tertiary/aromatic N) is 2. The minimum absolute atomic E-state index is 0.0395. The molecule has 5 nitrogen and oxygen atoms in total. The summed E-state index contributed by atoms with van der Waals surface area (Å²) in [6.45, 7) is 5.42. The number of carbonyl (C=O) groups excluding carboxylic acids is 1. The Morgan fingerprint density at radius 2 is 2.11 bits per heavy atom. The first-order chi connectivity index (χ1) is 9.16. The van der Waals surface area contributed by atoms with Crippen molar-refractivity contribution in [2.45, 2.75) is 58.5 Å². The topological polar surface area (TPSA) is 59.0 Å². The number of urea groups is 1. The fourth-order valence-corrected chi connectivity index (χ4v) is 2.68.